The number of hydrogen-bond donors (Lipinski definition) is 2. The van der Waals surface area contributed by atoms with Gasteiger partial charge in [0.25, 0.3) is 5.91 Å². The monoisotopic (exact) mass is 370 g/mol. The van der Waals surface area contributed by atoms with E-state index >= 15 is 0 Å². The molecule has 0 aliphatic heterocycles. The maximum atomic E-state index is 12.5. The summed E-state index contributed by atoms with van der Waals surface area (Å²) in [6, 6.07) is 6.89. The van der Waals surface area contributed by atoms with E-state index in [1.165, 1.54) is 4.31 Å². The Kier molecular flexibility index (Phi) is 8.05. The summed E-state index contributed by atoms with van der Waals surface area (Å²) < 4.78 is 26.5. The van der Waals surface area contributed by atoms with Crippen molar-refractivity contribution in [1.82, 2.24) is 9.62 Å². The second-order valence-corrected chi connectivity index (χ2v) is 8.53. The van der Waals surface area contributed by atoms with E-state index in [2.05, 4.69) is 5.32 Å². The highest BCUT2D eigenvalue weighted by molar-refractivity contribution is 7.89. The van der Waals surface area contributed by atoms with Crippen LogP contribution in [0.25, 0.3) is 0 Å². The average Bonchev–Trinajstić information content (AvgIpc) is 2.55. The van der Waals surface area contributed by atoms with Gasteiger partial charge in [0.05, 0.1) is 4.90 Å². The van der Waals surface area contributed by atoms with Gasteiger partial charge in [0.2, 0.25) is 10.0 Å². The zero-order chi connectivity index (χ0) is 19.2. The molecule has 0 unspecified atom stereocenters. The number of quaternary nitrogens is 1. The lowest BCUT2D eigenvalue weighted by atomic mass is 10.1. The summed E-state index contributed by atoms with van der Waals surface area (Å²) in [5.41, 5.74) is 0.989. The molecule has 25 heavy (non-hydrogen) atoms. The molecular weight excluding hydrogens is 338 g/mol. The van der Waals surface area contributed by atoms with Gasteiger partial charge in [0.1, 0.15) is 6.04 Å². The first-order chi connectivity index (χ1) is 11.6. The Bertz CT molecular complexity index is 653. The molecule has 0 aromatic heterocycles. The van der Waals surface area contributed by atoms with Gasteiger partial charge < -0.3 is 10.6 Å². The van der Waals surface area contributed by atoms with E-state index in [0.717, 1.165) is 5.56 Å². The quantitative estimate of drug-likeness (QED) is 0.686. The topological polar surface area (TPSA) is 83.1 Å². The minimum absolute atomic E-state index is 0.00239. The largest absolute Gasteiger partial charge is 0.349 e. The molecule has 1 aromatic rings. The normalized spacial score (nSPS) is 14.6. The van der Waals surface area contributed by atoms with Crippen molar-refractivity contribution in [1.29, 1.82) is 0 Å². The fourth-order valence-electron chi connectivity index (χ4n) is 2.70. The molecule has 0 heterocycles. The lowest BCUT2D eigenvalue weighted by Crippen LogP contribution is -2.92. The van der Waals surface area contributed by atoms with Crippen molar-refractivity contribution in [2.24, 2.45) is 0 Å². The van der Waals surface area contributed by atoms with Crippen molar-refractivity contribution in [3.05, 3.63) is 29.8 Å². The molecule has 0 saturated carbocycles. The van der Waals surface area contributed by atoms with Crippen LogP contribution in [-0.4, -0.2) is 43.8 Å². The highest BCUT2D eigenvalue weighted by Gasteiger charge is 2.23. The van der Waals surface area contributed by atoms with Crippen LogP contribution in [0.3, 0.4) is 0 Å². The van der Waals surface area contributed by atoms with E-state index in [0.29, 0.717) is 18.0 Å². The number of carbonyl (C=O) groups is 1. The van der Waals surface area contributed by atoms with Crippen LogP contribution in [0.15, 0.2) is 29.2 Å². The summed E-state index contributed by atoms with van der Waals surface area (Å²) in [5.74, 6) is 0.00239. The second-order valence-electron chi connectivity index (χ2n) is 6.59. The van der Waals surface area contributed by atoms with E-state index < -0.39 is 10.0 Å². The van der Waals surface area contributed by atoms with Crippen LogP contribution >= 0.6 is 0 Å². The van der Waals surface area contributed by atoms with Gasteiger partial charge in [-0.25, -0.2) is 8.42 Å². The molecule has 3 N–H and O–H groups in total. The molecular formula is C18H32N3O3S+. The second kappa shape index (κ2) is 9.31. The standard InChI is InChI=1S/C18H31N3O3S/c1-7-21(8-2)25(23,24)17-11-9-16(10-12-17)14(5)20-15(6)18(22)19-13(3)4/h9-15,20H,7-8H2,1-6H3,(H,19,22)/p+1/t14-,15-/m1/s1. The third kappa shape index (κ3) is 5.80. The highest BCUT2D eigenvalue weighted by Crippen LogP contribution is 2.18. The number of carbonyl (C=O) groups excluding carboxylic acids is 1. The van der Waals surface area contributed by atoms with Gasteiger partial charge >= 0.3 is 0 Å². The molecule has 0 saturated heterocycles. The number of amides is 1. The molecule has 0 fully saturated rings. The predicted octanol–water partition coefficient (Wildman–Crippen LogP) is 1.25. The summed E-state index contributed by atoms with van der Waals surface area (Å²) in [5, 5.41) is 4.88. The Morgan fingerprint density at radius 1 is 1.08 bits per heavy atom. The van der Waals surface area contributed by atoms with Crippen LogP contribution < -0.4 is 10.6 Å². The first kappa shape index (κ1) is 21.6. The Balaban J connectivity index is 2.84. The lowest BCUT2D eigenvalue weighted by Gasteiger charge is -2.20. The lowest BCUT2D eigenvalue weighted by molar-refractivity contribution is -0.710. The number of sulfonamides is 1. The number of hydrogen-bond acceptors (Lipinski definition) is 3. The Hall–Kier alpha value is -1.44. The van der Waals surface area contributed by atoms with Crippen molar-refractivity contribution >= 4 is 15.9 Å². The van der Waals surface area contributed by atoms with Crippen LogP contribution in [-0.2, 0) is 14.8 Å². The van der Waals surface area contributed by atoms with E-state index in [1.54, 1.807) is 12.1 Å². The number of nitrogens with zero attached hydrogens (tertiary/aromatic N) is 1. The zero-order valence-electron chi connectivity index (χ0n) is 16.1. The third-order valence-corrected chi connectivity index (χ3v) is 6.24. The summed E-state index contributed by atoms with van der Waals surface area (Å²) in [6.45, 7) is 12.3. The Morgan fingerprint density at radius 2 is 1.60 bits per heavy atom. The third-order valence-electron chi connectivity index (χ3n) is 4.17. The minimum atomic E-state index is -3.43. The molecule has 0 aliphatic rings. The molecule has 0 spiro atoms. The maximum absolute atomic E-state index is 12.5. The number of nitrogens with two attached hydrogens (primary N) is 1. The molecule has 0 bridgehead atoms. The molecule has 0 aliphatic carbocycles. The van der Waals surface area contributed by atoms with Crippen molar-refractivity contribution < 1.29 is 18.5 Å². The molecule has 6 nitrogen and oxygen atoms in total. The molecule has 142 valence electrons. The van der Waals surface area contributed by atoms with E-state index in [1.807, 2.05) is 59.0 Å². The first-order valence-corrected chi connectivity index (χ1v) is 10.3. The van der Waals surface area contributed by atoms with Crippen LogP contribution in [0.4, 0.5) is 0 Å². The van der Waals surface area contributed by atoms with Gasteiger partial charge in [-0.15, -0.1) is 0 Å². The Morgan fingerprint density at radius 3 is 2.04 bits per heavy atom. The molecule has 1 rings (SSSR count). The van der Waals surface area contributed by atoms with Crippen LogP contribution in [0.1, 0.15) is 53.1 Å². The van der Waals surface area contributed by atoms with Gasteiger partial charge in [0, 0.05) is 24.7 Å². The SMILES string of the molecule is CCN(CC)S(=O)(=O)c1ccc([C@@H](C)[NH2+][C@H](C)C(=O)NC(C)C)cc1. The summed E-state index contributed by atoms with van der Waals surface area (Å²) in [6.07, 6.45) is 0. The summed E-state index contributed by atoms with van der Waals surface area (Å²) in [4.78, 5) is 12.3. The van der Waals surface area contributed by atoms with Crippen molar-refractivity contribution in [2.45, 2.75) is 64.6 Å². The smallest absolute Gasteiger partial charge is 0.278 e. The number of rotatable bonds is 9. The Labute approximate surface area is 152 Å². The summed E-state index contributed by atoms with van der Waals surface area (Å²) >= 11 is 0. The van der Waals surface area contributed by atoms with Crippen LogP contribution in [0, 0.1) is 0 Å². The number of nitrogens with one attached hydrogen (secondary N) is 1. The molecule has 0 radical (unpaired) electrons. The van der Waals surface area contributed by atoms with Gasteiger partial charge in [-0.1, -0.05) is 26.0 Å². The fraction of sp³-hybridized carbons (Fsp3) is 0.611. The van der Waals surface area contributed by atoms with Crippen molar-refractivity contribution in [2.75, 3.05) is 13.1 Å². The van der Waals surface area contributed by atoms with Gasteiger partial charge in [0.15, 0.2) is 6.04 Å². The molecule has 1 amide bonds. The van der Waals surface area contributed by atoms with Crippen molar-refractivity contribution in [3.8, 4) is 0 Å². The summed E-state index contributed by atoms with van der Waals surface area (Å²) in [7, 11) is -3.43. The minimum Gasteiger partial charge on any atom is -0.349 e. The molecule has 7 heteroatoms. The zero-order valence-corrected chi connectivity index (χ0v) is 16.9. The van der Waals surface area contributed by atoms with Crippen molar-refractivity contribution in [3.63, 3.8) is 0 Å². The molecule has 2 atom stereocenters. The van der Waals surface area contributed by atoms with Gasteiger partial charge in [-0.2, -0.15) is 4.31 Å². The van der Waals surface area contributed by atoms with Crippen LogP contribution in [0.5, 0.6) is 0 Å². The fourth-order valence-corrected chi connectivity index (χ4v) is 4.16. The van der Waals surface area contributed by atoms with E-state index in [4.69, 9.17) is 0 Å². The number of benzene rings is 1. The highest BCUT2D eigenvalue weighted by atomic mass is 32.2. The van der Waals surface area contributed by atoms with Crippen LogP contribution in [0.2, 0.25) is 0 Å². The maximum Gasteiger partial charge on any atom is 0.278 e. The predicted molar refractivity (Wildman–Crippen MR) is 99.6 cm³/mol. The van der Waals surface area contributed by atoms with Gasteiger partial charge in [-0.05, 0) is 39.8 Å². The first-order valence-electron chi connectivity index (χ1n) is 8.88. The average molecular weight is 371 g/mol. The van der Waals surface area contributed by atoms with E-state index in [9.17, 15) is 13.2 Å². The van der Waals surface area contributed by atoms with Gasteiger partial charge in [-0.3, -0.25) is 4.79 Å². The molecule has 1 aromatic carbocycles. The van der Waals surface area contributed by atoms with E-state index in [-0.39, 0.29) is 24.0 Å².